The number of likely N-dealkylation sites (tertiary alicyclic amines) is 1. The normalized spacial score (nSPS) is 28.4. The molecule has 0 unspecified atom stereocenters. The second-order valence-corrected chi connectivity index (χ2v) is 8.89. The van der Waals surface area contributed by atoms with Gasteiger partial charge in [0.25, 0.3) is 0 Å². The number of anilines is 1. The van der Waals surface area contributed by atoms with E-state index in [0.717, 1.165) is 37.3 Å². The van der Waals surface area contributed by atoms with E-state index >= 15 is 0 Å². The fourth-order valence-electron chi connectivity index (χ4n) is 5.00. The molecule has 8 heteroatoms. The highest BCUT2D eigenvalue weighted by molar-refractivity contribution is 5.81. The number of halogens is 1. The molecular weight excluding hydrogens is 385 g/mol. The van der Waals surface area contributed by atoms with E-state index in [2.05, 4.69) is 21.8 Å². The Bertz CT molecular complexity index is 897. The number of fused-ring (bicyclic) bond motifs is 1. The van der Waals surface area contributed by atoms with E-state index in [4.69, 9.17) is 4.74 Å². The summed E-state index contributed by atoms with van der Waals surface area (Å²) in [5, 5.41) is 11.9. The van der Waals surface area contributed by atoms with Crippen molar-refractivity contribution >= 4 is 11.6 Å². The first kappa shape index (κ1) is 19.5. The van der Waals surface area contributed by atoms with Crippen molar-refractivity contribution in [1.82, 2.24) is 19.9 Å². The second-order valence-electron chi connectivity index (χ2n) is 8.89. The van der Waals surface area contributed by atoms with Gasteiger partial charge in [0.05, 0.1) is 24.4 Å². The molecular formula is C22H28FN5O2. The van der Waals surface area contributed by atoms with Crippen LogP contribution in [0.2, 0.25) is 0 Å². The number of carbonyl (C=O) groups is 1. The van der Waals surface area contributed by atoms with Gasteiger partial charge in [0.2, 0.25) is 5.91 Å². The van der Waals surface area contributed by atoms with Gasteiger partial charge in [0, 0.05) is 38.0 Å². The lowest BCUT2D eigenvalue weighted by Crippen LogP contribution is -2.37. The summed E-state index contributed by atoms with van der Waals surface area (Å²) in [5.74, 6) is 1.28. The van der Waals surface area contributed by atoms with Crippen LogP contribution < -0.4 is 5.32 Å². The van der Waals surface area contributed by atoms with Crippen molar-refractivity contribution in [3.63, 3.8) is 0 Å². The highest BCUT2D eigenvalue weighted by atomic mass is 19.1. The molecule has 1 aromatic carbocycles. The molecule has 1 N–H and O–H groups in total. The zero-order valence-electron chi connectivity index (χ0n) is 17.2. The molecule has 3 aliphatic rings. The second kappa shape index (κ2) is 7.98. The summed E-state index contributed by atoms with van der Waals surface area (Å²) < 4.78 is 20.9. The van der Waals surface area contributed by atoms with E-state index in [1.807, 2.05) is 9.58 Å². The van der Waals surface area contributed by atoms with Crippen LogP contribution in [0.3, 0.4) is 0 Å². The molecule has 4 atom stereocenters. The van der Waals surface area contributed by atoms with Crippen LogP contribution in [0.15, 0.2) is 30.5 Å². The van der Waals surface area contributed by atoms with Crippen LogP contribution in [0.1, 0.15) is 43.3 Å². The largest absolute Gasteiger partial charge is 0.379 e. The van der Waals surface area contributed by atoms with Crippen LogP contribution in [0, 0.1) is 17.7 Å². The van der Waals surface area contributed by atoms with Gasteiger partial charge in [-0.2, -0.15) is 0 Å². The van der Waals surface area contributed by atoms with Crippen molar-refractivity contribution in [2.45, 2.75) is 43.7 Å². The Balaban J connectivity index is 1.21. The van der Waals surface area contributed by atoms with Crippen molar-refractivity contribution in [3.05, 3.63) is 42.0 Å². The topological polar surface area (TPSA) is 72.3 Å². The van der Waals surface area contributed by atoms with Gasteiger partial charge >= 0.3 is 0 Å². The molecule has 0 radical (unpaired) electrons. The van der Waals surface area contributed by atoms with Gasteiger partial charge in [0.1, 0.15) is 5.82 Å². The highest BCUT2D eigenvalue weighted by Crippen LogP contribution is 2.43. The zero-order chi connectivity index (χ0) is 20.7. The SMILES string of the molecule is CO[C@@H]1C[C@H]2CN(C(=O)CNc3ccc(F)cc3)C[C@H]2C[C@H]1n1cc(C2CC2)nn1. The molecule has 0 spiro atoms. The molecule has 1 aliphatic heterocycles. The standard InChI is InChI=1S/C22H28FN5O2/c1-30-21-9-16-12-27(22(29)10-24-18-6-4-17(23)5-7-18)11-15(16)8-20(21)28-13-19(25-26-28)14-2-3-14/h4-7,13-16,20-21,24H,2-3,8-12H2,1H3/t15-,16+,20-,21-/m1/s1. The molecule has 1 amide bonds. The summed E-state index contributed by atoms with van der Waals surface area (Å²) in [4.78, 5) is 14.7. The number of rotatable bonds is 6. The van der Waals surface area contributed by atoms with Crippen LogP contribution >= 0.6 is 0 Å². The van der Waals surface area contributed by atoms with Gasteiger partial charge in [-0.15, -0.1) is 5.10 Å². The smallest absolute Gasteiger partial charge is 0.241 e. The minimum Gasteiger partial charge on any atom is -0.379 e. The van der Waals surface area contributed by atoms with E-state index in [1.165, 1.54) is 25.0 Å². The number of hydrogen-bond donors (Lipinski definition) is 1. The van der Waals surface area contributed by atoms with Crippen LogP contribution in [-0.4, -0.2) is 58.6 Å². The predicted octanol–water partition coefficient (Wildman–Crippen LogP) is 2.83. The molecule has 2 saturated carbocycles. The summed E-state index contributed by atoms with van der Waals surface area (Å²) >= 11 is 0. The van der Waals surface area contributed by atoms with Gasteiger partial charge in [-0.1, -0.05) is 5.21 Å². The Morgan fingerprint density at radius 2 is 1.93 bits per heavy atom. The Morgan fingerprint density at radius 1 is 1.20 bits per heavy atom. The van der Waals surface area contributed by atoms with Gasteiger partial charge < -0.3 is 15.0 Å². The first-order chi connectivity index (χ1) is 14.6. The minimum atomic E-state index is -0.283. The van der Waals surface area contributed by atoms with E-state index in [9.17, 15) is 9.18 Å². The lowest BCUT2D eigenvalue weighted by molar-refractivity contribution is -0.128. The Hall–Kier alpha value is -2.48. The first-order valence-corrected chi connectivity index (χ1v) is 10.8. The van der Waals surface area contributed by atoms with Gasteiger partial charge in [-0.25, -0.2) is 9.07 Å². The van der Waals surface area contributed by atoms with E-state index in [-0.39, 0.29) is 30.4 Å². The number of benzene rings is 1. The zero-order valence-corrected chi connectivity index (χ0v) is 17.2. The number of methoxy groups -OCH3 is 1. The first-order valence-electron chi connectivity index (χ1n) is 10.8. The summed E-state index contributed by atoms with van der Waals surface area (Å²) in [6, 6.07) is 6.24. The Kier molecular flexibility index (Phi) is 5.18. The van der Waals surface area contributed by atoms with Gasteiger partial charge in [0.15, 0.2) is 0 Å². The lowest BCUT2D eigenvalue weighted by Gasteiger charge is -2.36. The van der Waals surface area contributed by atoms with Crippen LogP contribution in [0.5, 0.6) is 0 Å². The predicted molar refractivity (Wildman–Crippen MR) is 110 cm³/mol. The molecule has 160 valence electrons. The van der Waals surface area contributed by atoms with E-state index < -0.39 is 0 Å². The third kappa shape index (κ3) is 3.93. The number of carbonyl (C=O) groups excluding carboxylic acids is 1. The minimum absolute atomic E-state index is 0.0796. The maximum atomic E-state index is 13.0. The Labute approximate surface area is 175 Å². The number of aromatic nitrogens is 3. The quantitative estimate of drug-likeness (QED) is 0.789. The van der Waals surface area contributed by atoms with E-state index in [0.29, 0.717) is 17.8 Å². The lowest BCUT2D eigenvalue weighted by atomic mass is 9.77. The maximum absolute atomic E-state index is 13.0. The van der Waals surface area contributed by atoms with Crippen molar-refractivity contribution in [1.29, 1.82) is 0 Å². The van der Waals surface area contributed by atoms with Crippen LogP contribution in [0.25, 0.3) is 0 Å². The fraction of sp³-hybridized carbons (Fsp3) is 0.591. The molecule has 5 rings (SSSR count). The summed E-state index contributed by atoms with van der Waals surface area (Å²) in [6.45, 7) is 1.76. The van der Waals surface area contributed by atoms with Crippen molar-refractivity contribution in [2.75, 3.05) is 32.1 Å². The molecule has 2 aromatic rings. The number of hydrogen-bond acceptors (Lipinski definition) is 5. The third-order valence-corrected chi connectivity index (χ3v) is 6.89. The molecule has 1 aromatic heterocycles. The average Bonchev–Trinajstić information content (AvgIpc) is 3.34. The number of ether oxygens (including phenoxy) is 1. The molecule has 2 aliphatic carbocycles. The van der Waals surface area contributed by atoms with Crippen LogP contribution in [-0.2, 0) is 9.53 Å². The molecule has 2 heterocycles. The van der Waals surface area contributed by atoms with Gasteiger partial charge in [-0.05, 0) is 61.8 Å². The third-order valence-electron chi connectivity index (χ3n) is 6.89. The van der Waals surface area contributed by atoms with Crippen LogP contribution in [0.4, 0.5) is 10.1 Å². The molecule has 30 heavy (non-hydrogen) atoms. The number of nitrogens with zero attached hydrogens (tertiary/aromatic N) is 4. The summed E-state index contributed by atoms with van der Waals surface area (Å²) in [7, 11) is 1.77. The molecule has 0 bridgehead atoms. The van der Waals surface area contributed by atoms with E-state index in [1.54, 1.807) is 19.2 Å². The number of amides is 1. The average molecular weight is 413 g/mol. The van der Waals surface area contributed by atoms with Crippen molar-refractivity contribution < 1.29 is 13.9 Å². The Morgan fingerprint density at radius 3 is 2.63 bits per heavy atom. The van der Waals surface area contributed by atoms with Crippen molar-refractivity contribution in [3.8, 4) is 0 Å². The highest BCUT2D eigenvalue weighted by Gasteiger charge is 2.44. The molecule has 7 nitrogen and oxygen atoms in total. The summed E-state index contributed by atoms with van der Waals surface area (Å²) in [6.07, 6.45) is 6.49. The fourth-order valence-corrected chi connectivity index (χ4v) is 5.00. The molecule has 3 fully saturated rings. The van der Waals surface area contributed by atoms with Gasteiger partial charge in [-0.3, -0.25) is 4.79 Å². The maximum Gasteiger partial charge on any atom is 0.241 e. The van der Waals surface area contributed by atoms with Crippen molar-refractivity contribution in [2.24, 2.45) is 11.8 Å². The monoisotopic (exact) mass is 413 g/mol. The molecule has 1 saturated heterocycles. The summed E-state index contributed by atoms with van der Waals surface area (Å²) in [5.41, 5.74) is 1.85. The number of nitrogens with one attached hydrogen (secondary N) is 1.